The minimum Gasteiger partial charge on any atom is -0.512 e. The summed E-state index contributed by atoms with van der Waals surface area (Å²) in [5.74, 6) is 1.44. The van der Waals surface area contributed by atoms with E-state index < -0.39 is 0 Å². The molecule has 0 aromatic heterocycles. The zero-order valence-electron chi connectivity index (χ0n) is 19.0. The number of hydrogen-bond acceptors (Lipinski definition) is 4. The van der Waals surface area contributed by atoms with Gasteiger partial charge in [0.1, 0.15) is 5.76 Å². The lowest BCUT2D eigenvalue weighted by Crippen LogP contribution is -2.21. The number of hydrogen-bond donors (Lipinski definition) is 1. The molecule has 3 rings (SSSR count). The molecule has 4 heteroatoms. The lowest BCUT2D eigenvalue weighted by molar-refractivity contribution is -0.115. The normalized spacial score (nSPS) is 16.6. The number of carbonyl (C=O) groups is 2. The molecule has 0 aliphatic heterocycles. The average molecular weight is 437 g/mol. The Hall–Kier alpha value is -2.33. The summed E-state index contributed by atoms with van der Waals surface area (Å²) < 4.78 is 0. The van der Waals surface area contributed by atoms with E-state index in [-0.39, 0.29) is 23.2 Å². The summed E-state index contributed by atoms with van der Waals surface area (Å²) in [6.07, 6.45) is 3.61. The minimum atomic E-state index is 0.0674. The molecule has 0 radical (unpaired) electrons. The number of aliphatic hydroxyl groups excluding tert-OH is 1. The highest BCUT2D eigenvalue weighted by atomic mass is 32.2. The topological polar surface area (TPSA) is 54.4 Å². The molecule has 2 aromatic rings. The molecule has 1 aliphatic carbocycles. The molecule has 0 fully saturated rings. The Kier molecular flexibility index (Phi) is 7.77. The number of aliphatic hydroxyl groups is 1. The fourth-order valence-corrected chi connectivity index (χ4v) is 5.43. The van der Waals surface area contributed by atoms with E-state index in [1.807, 2.05) is 24.3 Å². The van der Waals surface area contributed by atoms with Crippen molar-refractivity contribution in [2.24, 2.45) is 5.92 Å². The molecule has 0 spiro atoms. The third-order valence-corrected chi connectivity index (χ3v) is 7.08. The van der Waals surface area contributed by atoms with Crippen molar-refractivity contribution in [3.05, 3.63) is 70.0 Å². The van der Waals surface area contributed by atoms with Crippen LogP contribution in [0.2, 0.25) is 0 Å². The van der Waals surface area contributed by atoms with Gasteiger partial charge in [-0.2, -0.15) is 0 Å². The van der Waals surface area contributed by atoms with E-state index >= 15 is 0 Å². The average Bonchev–Trinajstić information content (AvgIpc) is 2.74. The summed E-state index contributed by atoms with van der Waals surface area (Å²) in [5.41, 5.74) is 5.74. The monoisotopic (exact) mass is 436 g/mol. The molecule has 0 saturated carbocycles. The van der Waals surface area contributed by atoms with Crippen molar-refractivity contribution in [3.8, 4) is 0 Å². The molecular formula is C27H32O3S. The summed E-state index contributed by atoms with van der Waals surface area (Å²) >= 11 is 1.73. The largest absolute Gasteiger partial charge is 0.512 e. The van der Waals surface area contributed by atoms with Gasteiger partial charge in [0, 0.05) is 23.3 Å². The first-order valence-electron chi connectivity index (χ1n) is 11.2. The highest BCUT2D eigenvalue weighted by Crippen LogP contribution is 2.38. The van der Waals surface area contributed by atoms with Crippen LogP contribution in [0.5, 0.6) is 0 Å². The van der Waals surface area contributed by atoms with Crippen LogP contribution in [-0.2, 0) is 17.6 Å². The molecule has 0 bridgehead atoms. The van der Waals surface area contributed by atoms with Crippen LogP contribution in [0.1, 0.15) is 72.6 Å². The van der Waals surface area contributed by atoms with Gasteiger partial charge in [-0.25, -0.2) is 0 Å². The highest BCUT2D eigenvalue weighted by Gasteiger charge is 2.30. The van der Waals surface area contributed by atoms with Crippen LogP contribution in [0, 0.1) is 12.8 Å². The molecular weight excluding hydrogens is 404 g/mol. The summed E-state index contributed by atoms with van der Waals surface area (Å²) in [6, 6.07) is 11.9. The second-order valence-electron chi connectivity index (χ2n) is 8.40. The van der Waals surface area contributed by atoms with Crippen LogP contribution >= 0.6 is 11.8 Å². The number of aryl methyl sites for hydroxylation is 3. The molecule has 1 atom stereocenters. The lowest BCUT2D eigenvalue weighted by atomic mass is 9.79. The molecule has 2 aromatic carbocycles. The predicted octanol–water partition coefficient (Wildman–Crippen LogP) is 6.75. The second kappa shape index (κ2) is 10.3. The van der Waals surface area contributed by atoms with Crippen molar-refractivity contribution >= 4 is 28.9 Å². The number of benzene rings is 2. The second-order valence-corrected chi connectivity index (χ2v) is 9.57. The third kappa shape index (κ3) is 5.48. The molecule has 164 valence electrons. The maximum Gasteiger partial charge on any atom is 0.167 e. The summed E-state index contributed by atoms with van der Waals surface area (Å²) in [6.45, 7) is 7.86. The van der Waals surface area contributed by atoms with Crippen molar-refractivity contribution in [1.82, 2.24) is 0 Å². The van der Waals surface area contributed by atoms with E-state index in [0.717, 1.165) is 52.2 Å². The van der Waals surface area contributed by atoms with Crippen LogP contribution in [0.4, 0.5) is 0 Å². The number of allylic oxidation sites excluding steroid dienone is 2. The Morgan fingerprint density at radius 3 is 2.19 bits per heavy atom. The van der Waals surface area contributed by atoms with Gasteiger partial charge in [-0.3, -0.25) is 9.59 Å². The fourth-order valence-electron chi connectivity index (χ4n) is 4.41. The van der Waals surface area contributed by atoms with Crippen LogP contribution < -0.4 is 0 Å². The first kappa shape index (κ1) is 23.3. The molecule has 0 amide bonds. The van der Waals surface area contributed by atoms with Crippen molar-refractivity contribution in [2.75, 3.05) is 5.75 Å². The summed E-state index contributed by atoms with van der Waals surface area (Å²) in [7, 11) is 0. The summed E-state index contributed by atoms with van der Waals surface area (Å²) in [5, 5.41) is 10.9. The van der Waals surface area contributed by atoms with E-state index in [1.165, 1.54) is 5.56 Å². The molecule has 1 unspecified atom stereocenters. The van der Waals surface area contributed by atoms with E-state index in [9.17, 15) is 14.7 Å². The predicted molar refractivity (Wildman–Crippen MR) is 129 cm³/mol. The van der Waals surface area contributed by atoms with Gasteiger partial charge in [0.25, 0.3) is 0 Å². The maximum atomic E-state index is 13.1. The Morgan fingerprint density at radius 1 is 1.06 bits per heavy atom. The Morgan fingerprint density at radius 2 is 1.68 bits per heavy atom. The van der Waals surface area contributed by atoms with E-state index in [2.05, 4.69) is 32.9 Å². The van der Waals surface area contributed by atoms with Gasteiger partial charge in [0.05, 0.1) is 5.57 Å². The molecule has 0 saturated heterocycles. The lowest BCUT2D eigenvalue weighted by Gasteiger charge is -2.26. The van der Waals surface area contributed by atoms with Crippen LogP contribution in [0.3, 0.4) is 0 Å². The fraction of sp³-hybridized carbons (Fsp3) is 0.407. The third-order valence-electron chi connectivity index (χ3n) is 6.04. The first-order valence-corrected chi connectivity index (χ1v) is 12.1. The molecule has 0 heterocycles. The number of thioether (sulfide) groups is 1. The number of carbonyl (C=O) groups excluding carboxylic acids is 2. The number of rotatable bonds is 8. The molecule has 31 heavy (non-hydrogen) atoms. The molecule has 3 nitrogen and oxygen atoms in total. The van der Waals surface area contributed by atoms with Crippen molar-refractivity contribution in [1.29, 1.82) is 0 Å². The smallest absolute Gasteiger partial charge is 0.167 e. The number of ketones is 2. The zero-order valence-corrected chi connectivity index (χ0v) is 19.8. The Bertz CT molecular complexity index is 977. The number of Topliss-reactive ketones (excluding diaryl/α,β-unsaturated/α-hetero) is 2. The van der Waals surface area contributed by atoms with E-state index in [4.69, 9.17) is 0 Å². The first-order chi connectivity index (χ1) is 14.8. The Labute approximate surface area is 190 Å². The van der Waals surface area contributed by atoms with E-state index in [0.29, 0.717) is 18.4 Å². The van der Waals surface area contributed by atoms with Gasteiger partial charge < -0.3 is 5.11 Å². The van der Waals surface area contributed by atoms with E-state index in [1.54, 1.807) is 18.7 Å². The van der Waals surface area contributed by atoms with Crippen LogP contribution in [0.15, 0.2) is 47.1 Å². The molecule has 1 N–H and O–H groups in total. The SMILES string of the molecule is CCc1cc(C)cc(CC)c1C1=C(O)CC(CCSc2ccc(C(C)=O)cc2)CC1=O. The Balaban J connectivity index is 1.71. The van der Waals surface area contributed by atoms with Crippen molar-refractivity contribution in [3.63, 3.8) is 0 Å². The van der Waals surface area contributed by atoms with Gasteiger partial charge in [-0.15, -0.1) is 11.8 Å². The van der Waals surface area contributed by atoms with Gasteiger partial charge >= 0.3 is 0 Å². The standard InChI is InChI=1S/C27H32O3S/c1-5-20-13-17(3)14-21(6-2)26(20)27-24(29)15-19(16-25(27)30)11-12-31-23-9-7-22(8-10-23)18(4)28/h7-10,13-14,19,29H,5-6,11-12,15-16H2,1-4H3. The summed E-state index contributed by atoms with van der Waals surface area (Å²) in [4.78, 5) is 25.6. The highest BCUT2D eigenvalue weighted by molar-refractivity contribution is 7.99. The van der Waals surface area contributed by atoms with Gasteiger partial charge in [-0.05, 0) is 73.6 Å². The van der Waals surface area contributed by atoms with Crippen molar-refractivity contribution in [2.45, 2.75) is 64.7 Å². The minimum absolute atomic E-state index is 0.0674. The van der Waals surface area contributed by atoms with Crippen LogP contribution in [0.25, 0.3) is 5.57 Å². The van der Waals surface area contributed by atoms with Crippen molar-refractivity contribution < 1.29 is 14.7 Å². The quantitative estimate of drug-likeness (QED) is 0.367. The van der Waals surface area contributed by atoms with Gasteiger partial charge in [-0.1, -0.05) is 43.7 Å². The van der Waals surface area contributed by atoms with Gasteiger partial charge in [0.15, 0.2) is 11.6 Å². The molecule has 1 aliphatic rings. The van der Waals surface area contributed by atoms with Gasteiger partial charge in [0.2, 0.25) is 0 Å². The van der Waals surface area contributed by atoms with Crippen LogP contribution in [-0.4, -0.2) is 22.4 Å². The maximum absolute atomic E-state index is 13.1. The zero-order chi connectivity index (χ0) is 22.5.